The van der Waals surface area contributed by atoms with Crippen LogP contribution < -0.4 is 14.8 Å². The highest BCUT2D eigenvalue weighted by Crippen LogP contribution is 2.34. The van der Waals surface area contributed by atoms with E-state index in [-0.39, 0.29) is 0 Å². The van der Waals surface area contributed by atoms with Gasteiger partial charge >= 0.3 is 0 Å². The average molecular weight is 387 g/mol. The Morgan fingerprint density at radius 2 is 1.86 bits per heavy atom. The zero-order valence-electron chi connectivity index (χ0n) is 17.5. The van der Waals surface area contributed by atoms with Gasteiger partial charge in [0.2, 0.25) is 0 Å². The summed E-state index contributed by atoms with van der Waals surface area (Å²) >= 11 is 0. The lowest BCUT2D eigenvalue weighted by Gasteiger charge is -2.32. The molecule has 1 aromatic rings. The Morgan fingerprint density at radius 3 is 2.54 bits per heavy atom. The molecule has 2 aliphatic heterocycles. The summed E-state index contributed by atoms with van der Waals surface area (Å²) in [5, 5.41) is 3.51. The molecule has 28 heavy (non-hydrogen) atoms. The van der Waals surface area contributed by atoms with Crippen molar-refractivity contribution >= 4 is 5.96 Å². The molecule has 0 bridgehead atoms. The van der Waals surface area contributed by atoms with Crippen molar-refractivity contribution in [3.8, 4) is 11.5 Å². The van der Waals surface area contributed by atoms with Crippen molar-refractivity contribution < 1.29 is 9.47 Å². The van der Waals surface area contributed by atoms with Crippen molar-refractivity contribution in [2.24, 2.45) is 10.9 Å². The van der Waals surface area contributed by atoms with Gasteiger partial charge in [-0.15, -0.1) is 0 Å². The van der Waals surface area contributed by atoms with Crippen molar-refractivity contribution in [2.45, 2.75) is 45.2 Å². The van der Waals surface area contributed by atoms with E-state index >= 15 is 0 Å². The summed E-state index contributed by atoms with van der Waals surface area (Å²) in [4.78, 5) is 10.1. The molecule has 1 aromatic carbocycles. The Hall–Kier alpha value is -1.95. The van der Waals surface area contributed by atoms with Crippen LogP contribution in [0.3, 0.4) is 0 Å². The van der Waals surface area contributed by atoms with Crippen LogP contribution >= 0.6 is 0 Å². The minimum Gasteiger partial charge on any atom is -0.493 e. The fourth-order valence-electron chi connectivity index (χ4n) is 4.49. The third-order valence-corrected chi connectivity index (χ3v) is 6.23. The standard InChI is InChI=1S/C22H34N4O2/c1-4-23-22(24-13-16-7-9-25(14-16)19-5-6-19)26-10-8-17-11-20(27-2)21(28-3)12-18(17)15-26/h11-12,16,19H,4-10,13-15H2,1-3H3,(H,23,24). The molecule has 2 heterocycles. The summed E-state index contributed by atoms with van der Waals surface area (Å²) in [6, 6.07) is 5.13. The Balaban J connectivity index is 1.43. The summed E-state index contributed by atoms with van der Waals surface area (Å²) in [5.74, 6) is 3.37. The summed E-state index contributed by atoms with van der Waals surface area (Å²) in [5.41, 5.74) is 2.65. The Morgan fingerprint density at radius 1 is 1.11 bits per heavy atom. The van der Waals surface area contributed by atoms with Gasteiger partial charge in [0.25, 0.3) is 0 Å². The second-order valence-electron chi connectivity index (χ2n) is 8.22. The van der Waals surface area contributed by atoms with Crippen LogP contribution in [0.2, 0.25) is 0 Å². The number of aliphatic imine (C=N–C) groups is 1. The number of guanidine groups is 1. The van der Waals surface area contributed by atoms with E-state index in [0.717, 1.165) is 56.1 Å². The highest BCUT2D eigenvalue weighted by molar-refractivity contribution is 5.80. The highest BCUT2D eigenvalue weighted by atomic mass is 16.5. The maximum Gasteiger partial charge on any atom is 0.194 e. The molecule has 3 aliphatic rings. The zero-order valence-corrected chi connectivity index (χ0v) is 17.5. The molecule has 154 valence electrons. The fourth-order valence-corrected chi connectivity index (χ4v) is 4.49. The van der Waals surface area contributed by atoms with Gasteiger partial charge < -0.3 is 24.6 Å². The predicted octanol–water partition coefficient (Wildman–Crippen LogP) is 2.51. The Labute approximate surface area is 168 Å². The van der Waals surface area contributed by atoms with E-state index in [0.29, 0.717) is 5.92 Å². The van der Waals surface area contributed by atoms with Crippen molar-refractivity contribution in [3.63, 3.8) is 0 Å². The van der Waals surface area contributed by atoms with Gasteiger partial charge in [0.05, 0.1) is 14.2 Å². The molecule has 0 spiro atoms. The largest absolute Gasteiger partial charge is 0.493 e. The van der Waals surface area contributed by atoms with Crippen molar-refractivity contribution in [3.05, 3.63) is 23.3 Å². The van der Waals surface area contributed by atoms with Crippen LogP contribution in [0.1, 0.15) is 37.3 Å². The lowest BCUT2D eigenvalue weighted by molar-refractivity contribution is 0.315. The molecular weight excluding hydrogens is 352 g/mol. The van der Waals surface area contributed by atoms with Gasteiger partial charge in [-0.1, -0.05) is 0 Å². The number of ether oxygens (including phenoxy) is 2. The zero-order chi connectivity index (χ0) is 19.5. The lowest BCUT2D eigenvalue weighted by atomic mass is 9.99. The van der Waals surface area contributed by atoms with Crippen LogP contribution in [0.5, 0.6) is 11.5 Å². The maximum atomic E-state index is 5.50. The Kier molecular flexibility index (Phi) is 5.95. The topological polar surface area (TPSA) is 49.3 Å². The van der Waals surface area contributed by atoms with Crippen LogP contribution in [-0.2, 0) is 13.0 Å². The number of methoxy groups -OCH3 is 2. The minimum absolute atomic E-state index is 0.704. The first-order valence-electron chi connectivity index (χ1n) is 10.7. The number of hydrogen-bond donors (Lipinski definition) is 1. The summed E-state index contributed by atoms with van der Waals surface area (Å²) in [6.45, 7) is 8.31. The summed E-state index contributed by atoms with van der Waals surface area (Å²) < 4.78 is 11.0. The SMILES string of the molecule is CCNC(=NCC1CCN(C2CC2)C1)N1CCc2cc(OC)c(OC)cc2C1. The quantitative estimate of drug-likeness (QED) is 0.601. The first kappa shape index (κ1) is 19.4. The van der Waals surface area contributed by atoms with E-state index < -0.39 is 0 Å². The van der Waals surface area contributed by atoms with Crippen LogP contribution in [0.4, 0.5) is 0 Å². The third kappa shape index (κ3) is 4.22. The van der Waals surface area contributed by atoms with Gasteiger partial charge in [0.1, 0.15) is 0 Å². The fraction of sp³-hybridized carbons (Fsp3) is 0.682. The monoisotopic (exact) mass is 386 g/mol. The number of fused-ring (bicyclic) bond motifs is 1. The van der Waals surface area contributed by atoms with E-state index in [9.17, 15) is 0 Å². The molecule has 0 aromatic heterocycles. The number of rotatable bonds is 6. The molecule has 1 unspecified atom stereocenters. The molecule has 6 heteroatoms. The van der Waals surface area contributed by atoms with Crippen molar-refractivity contribution in [1.29, 1.82) is 0 Å². The summed E-state index contributed by atoms with van der Waals surface area (Å²) in [7, 11) is 3.39. The minimum atomic E-state index is 0.704. The number of nitrogens with one attached hydrogen (secondary N) is 1. The molecule has 6 nitrogen and oxygen atoms in total. The van der Waals surface area contributed by atoms with E-state index in [1.54, 1.807) is 14.2 Å². The highest BCUT2D eigenvalue weighted by Gasteiger charge is 2.34. The third-order valence-electron chi connectivity index (χ3n) is 6.23. The van der Waals surface area contributed by atoms with Gasteiger partial charge in [0.15, 0.2) is 17.5 Å². The van der Waals surface area contributed by atoms with Gasteiger partial charge in [-0.2, -0.15) is 0 Å². The van der Waals surface area contributed by atoms with Crippen LogP contribution in [0.25, 0.3) is 0 Å². The second-order valence-corrected chi connectivity index (χ2v) is 8.22. The number of nitrogens with zero attached hydrogens (tertiary/aromatic N) is 3. The van der Waals surface area contributed by atoms with Gasteiger partial charge in [-0.05, 0) is 68.3 Å². The van der Waals surface area contributed by atoms with Crippen molar-refractivity contribution in [1.82, 2.24) is 15.1 Å². The Bertz CT molecular complexity index is 717. The van der Waals surface area contributed by atoms with E-state index in [2.05, 4.69) is 34.2 Å². The smallest absolute Gasteiger partial charge is 0.194 e. The summed E-state index contributed by atoms with van der Waals surface area (Å²) in [6.07, 6.45) is 5.10. The molecule has 0 radical (unpaired) electrons. The van der Waals surface area contributed by atoms with Gasteiger partial charge in [-0.25, -0.2) is 0 Å². The molecule has 0 amide bonds. The molecule has 1 aliphatic carbocycles. The first-order chi connectivity index (χ1) is 13.7. The van der Waals surface area contributed by atoms with Gasteiger partial charge in [-0.3, -0.25) is 4.99 Å². The maximum absolute atomic E-state index is 5.50. The molecule has 1 atom stereocenters. The number of benzene rings is 1. The number of likely N-dealkylation sites (tertiary alicyclic amines) is 1. The average Bonchev–Trinajstić information content (AvgIpc) is 3.47. The molecular formula is C22H34N4O2. The van der Waals surface area contributed by atoms with Crippen molar-refractivity contribution in [2.75, 3.05) is 46.9 Å². The number of hydrogen-bond acceptors (Lipinski definition) is 4. The molecule has 1 saturated heterocycles. The lowest BCUT2D eigenvalue weighted by Crippen LogP contribution is -2.44. The predicted molar refractivity (Wildman–Crippen MR) is 112 cm³/mol. The van der Waals surface area contributed by atoms with E-state index in [1.807, 2.05) is 0 Å². The van der Waals surface area contributed by atoms with Gasteiger partial charge in [0, 0.05) is 38.8 Å². The first-order valence-corrected chi connectivity index (χ1v) is 10.7. The van der Waals surface area contributed by atoms with Crippen LogP contribution in [0.15, 0.2) is 17.1 Å². The van der Waals surface area contributed by atoms with Crippen LogP contribution in [-0.4, -0.2) is 68.7 Å². The molecule has 1 N–H and O–H groups in total. The van der Waals surface area contributed by atoms with E-state index in [1.165, 1.54) is 43.5 Å². The van der Waals surface area contributed by atoms with E-state index in [4.69, 9.17) is 14.5 Å². The van der Waals surface area contributed by atoms with Crippen LogP contribution in [0, 0.1) is 5.92 Å². The normalized spacial score (nSPS) is 22.9. The molecule has 2 fully saturated rings. The molecule has 4 rings (SSSR count). The second kappa shape index (κ2) is 8.60. The molecule has 1 saturated carbocycles.